The number of halogens is 1. The van der Waals surface area contributed by atoms with Gasteiger partial charge in [-0.3, -0.25) is 0 Å². The Bertz CT molecular complexity index is 424. The minimum absolute atomic E-state index is 0.139. The Hall–Kier alpha value is -1.56. The lowest BCUT2D eigenvalue weighted by Gasteiger charge is -2.32. The molecule has 0 aromatic heterocycles. The third-order valence-corrected chi connectivity index (χ3v) is 2.73. The van der Waals surface area contributed by atoms with E-state index in [1.165, 1.54) is 12.1 Å². The predicted octanol–water partition coefficient (Wildman–Crippen LogP) is 2.68. The van der Waals surface area contributed by atoms with Crippen molar-refractivity contribution in [3.63, 3.8) is 0 Å². The van der Waals surface area contributed by atoms with Gasteiger partial charge in [0.1, 0.15) is 11.6 Å². The molecule has 0 fully saturated rings. The Morgan fingerprint density at radius 2 is 2.40 bits per heavy atom. The second-order valence-corrected chi connectivity index (χ2v) is 4.36. The molecule has 15 heavy (non-hydrogen) atoms. The van der Waals surface area contributed by atoms with Crippen LogP contribution >= 0.6 is 0 Å². The van der Waals surface area contributed by atoms with E-state index in [2.05, 4.69) is 6.07 Å². The molecule has 1 aliphatic heterocycles. The van der Waals surface area contributed by atoms with Crippen LogP contribution in [0, 0.1) is 22.6 Å². The zero-order valence-corrected chi connectivity index (χ0v) is 8.59. The topological polar surface area (TPSA) is 33.0 Å². The maximum absolute atomic E-state index is 12.9. The first-order valence-electron chi connectivity index (χ1n) is 4.91. The van der Waals surface area contributed by atoms with Crippen molar-refractivity contribution >= 4 is 0 Å². The summed E-state index contributed by atoms with van der Waals surface area (Å²) in [6.07, 6.45) is 1.24. The van der Waals surface area contributed by atoms with Crippen molar-refractivity contribution in [1.29, 1.82) is 5.26 Å². The van der Waals surface area contributed by atoms with Gasteiger partial charge in [-0.05, 0) is 18.1 Å². The molecule has 0 aliphatic carbocycles. The molecular formula is C12H12FNO. The van der Waals surface area contributed by atoms with Gasteiger partial charge in [0.25, 0.3) is 0 Å². The van der Waals surface area contributed by atoms with Crippen LogP contribution in [0.5, 0.6) is 5.75 Å². The standard InChI is InChI=1S/C12H12FNO/c1-12(4-5-14)7-9-2-3-10(13)6-11(9)15-8-12/h2-3,6H,4,7-8H2,1H3. The fraction of sp³-hybridized carbons (Fsp3) is 0.417. The Morgan fingerprint density at radius 3 is 3.13 bits per heavy atom. The van der Waals surface area contributed by atoms with Crippen molar-refractivity contribution < 1.29 is 9.13 Å². The highest BCUT2D eigenvalue weighted by Crippen LogP contribution is 2.36. The number of fused-ring (bicyclic) bond motifs is 1. The molecule has 0 saturated carbocycles. The van der Waals surface area contributed by atoms with Gasteiger partial charge in [0.05, 0.1) is 12.7 Å². The first-order valence-corrected chi connectivity index (χ1v) is 4.91. The van der Waals surface area contributed by atoms with Crippen molar-refractivity contribution in [3.8, 4) is 11.8 Å². The predicted molar refractivity (Wildman–Crippen MR) is 53.9 cm³/mol. The van der Waals surface area contributed by atoms with E-state index < -0.39 is 0 Å². The summed E-state index contributed by atoms with van der Waals surface area (Å²) < 4.78 is 18.4. The molecule has 0 saturated heterocycles. The minimum Gasteiger partial charge on any atom is -0.493 e. The van der Waals surface area contributed by atoms with Gasteiger partial charge >= 0.3 is 0 Å². The Kier molecular flexibility index (Phi) is 2.36. The third-order valence-electron chi connectivity index (χ3n) is 2.73. The fourth-order valence-corrected chi connectivity index (χ4v) is 1.88. The second kappa shape index (κ2) is 3.54. The lowest BCUT2D eigenvalue weighted by molar-refractivity contribution is 0.141. The molecule has 2 nitrogen and oxygen atoms in total. The molecule has 1 aromatic carbocycles. The molecule has 0 spiro atoms. The first kappa shape index (κ1) is 9.97. The highest BCUT2D eigenvalue weighted by atomic mass is 19.1. The third kappa shape index (κ3) is 1.94. The van der Waals surface area contributed by atoms with Crippen LogP contribution in [0.4, 0.5) is 4.39 Å². The second-order valence-electron chi connectivity index (χ2n) is 4.36. The molecule has 1 unspecified atom stereocenters. The van der Waals surface area contributed by atoms with Gasteiger partial charge < -0.3 is 4.74 Å². The van der Waals surface area contributed by atoms with Crippen LogP contribution in [-0.2, 0) is 6.42 Å². The van der Waals surface area contributed by atoms with E-state index in [0.29, 0.717) is 18.8 Å². The summed E-state index contributed by atoms with van der Waals surface area (Å²) >= 11 is 0. The van der Waals surface area contributed by atoms with Crippen molar-refractivity contribution in [2.45, 2.75) is 19.8 Å². The van der Waals surface area contributed by atoms with Crippen molar-refractivity contribution in [3.05, 3.63) is 29.6 Å². The number of benzene rings is 1. The summed E-state index contributed by atoms with van der Waals surface area (Å²) in [6, 6.07) is 6.74. The maximum atomic E-state index is 12.9. The van der Waals surface area contributed by atoms with Crippen molar-refractivity contribution in [2.24, 2.45) is 5.41 Å². The van der Waals surface area contributed by atoms with Gasteiger partial charge in [0.2, 0.25) is 0 Å². The molecule has 1 atom stereocenters. The van der Waals surface area contributed by atoms with Crippen molar-refractivity contribution in [1.82, 2.24) is 0 Å². The SMILES string of the molecule is CC1(CC#N)COc2cc(F)ccc2C1. The molecule has 0 radical (unpaired) electrons. The maximum Gasteiger partial charge on any atom is 0.126 e. The molecule has 0 bridgehead atoms. The highest BCUT2D eigenvalue weighted by molar-refractivity contribution is 5.36. The molecule has 0 N–H and O–H groups in total. The number of nitrogens with zero attached hydrogens (tertiary/aromatic N) is 1. The molecule has 2 rings (SSSR count). The lowest BCUT2D eigenvalue weighted by Crippen LogP contribution is -2.31. The average Bonchev–Trinajstić information content (AvgIpc) is 2.19. The fourth-order valence-electron chi connectivity index (χ4n) is 1.88. The summed E-state index contributed by atoms with van der Waals surface area (Å²) in [6.45, 7) is 2.50. The molecule has 78 valence electrons. The molecule has 3 heteroatoms. The van der Waals surface area contributed by atoms with E-state index in [0.717, 1.165) is 12.0 Å². The van der Waals surface area contributed by atoms with E-state index in [1.807, 2.05) is 6.92 Å². The summed E-state index contributed by atoms with van der Waals surface area (Å²) in [5, 5.41) is 8.71. The van der Waals surface area contributed by atoms with Crippen LogP contribution < -0.4 is 4.74 Å². The Labute approximate surface area is 88.3 Å². The lowest BCUT2D eigenvalue weighted by atomic mass is 9.80. The van der Waals surface area contributed by atoms with E-state index in [4.69, 9.17) is 10.00 Å². The zero-order valence-electron chi connectivity index (χ0n) is 8.59. The molecule has 0 amide bonds. The van der Waals surface area contributed by atoms with Crippen LogP contribution in [0.25, 0.3) is 0 Å². The normalized spacial score (nSPS) is 23.8. The van der Waals surface area contributed by atoms with Crippen LogP contribution in [0.1, 0.15) is 18.9 Å². The van der Waals surface area contributed by atoms with E-state index in [9.17, 15) is 4.39 Å². The molecule has 1 aliphatic rings. The number of ether oxygens (including phenoxy) is 1. The average molecular weight is 205 g/mol. The highest BCUT2D eigenvalue weighted by Gasteiger charge is 2.31. The quantitative estimate of drug-likeness (QED) is 0.706. The monoisotopic (exact) mass is 205 g/mol. The smallest absolute Gasteiger partial charge is 0.126 e. The Balaban J connectivity index is 2.28. The van der Waals surface area contributed by atoms with Gasteiger partial charge in [0.15, 0.2) is 0 Å². The number of hydrogen-bond acceptors (Lipinski definition) is 2. The van der Waals surface area contributed by atoms with E-state index >= 15 is 0 Å². The summed E-state index contributed by atoms with van der Waals surface area (Å²) in [7, 11) is 0. The van der Waals surface area contributed by atoms with Crippen LogP contribution in [0.3, 0.4) is 0 Å². The summed E-state index contributed by atoms with van der Waals surface area (Å²) in [4.78, 5) is 0. The van der Waals surface area contributed by atoms with Crippen LogP contribution in [0.2, 0.25) is 0 Å². The minimum atomic E-state index is -0.280. The van der Waals surface area contributed by atoms with Gasteiger partial charge in [-0.2, -0.15) is 5.26 Å². The molecule has 1 aromatic rings. The molecular weight excluding hydrogens is 193 g/mol. The first-order chi connectivity index (χ1) is 7.13. The van der Waals surface area contributed by atoms with Gasteiger partial charge in [0, 0.05) is 17.9 Å². The van der Waals surface area contributed by atoms with Gasteiger partial charge in [-0.25, -0.2) is 4.39 Å². The molecule has 1 heterocycles. The number of nitriles is 1. The summed E-state index contributed by atoms with van der Waals surface area (Å²) in [5.74, 6) is 0.336. The zero-order chi connectivity index (χ0) is 10.9. The van der Waals surface area contributed by atoms with Crippen LogP contribution in [-0.4, -0.2) is 6.61 Å². The number of hydrogen-bond donors (Lipinski definition) is 0. The number of rotatable bonds is 1. The largest absolute Gasteiger partial charge is 0.493 e. The van der Waals surface area contributed by atoms with Gasteiger partial charge in [-0.1, -0.05) is 13.0 Å². The van der Waals surface area contributed by atoms with Crippen molar-refractivity contribution in [2.75, 3.05) is 6.61 Å². The summed E-state index contributed by atoms with van der Waals surface area (Å²) in [5.41, 5.74) is 0.847. The van der Waals surface area contributed by atoms with Gasteiger partial charge in [-0.15, -0.1) is 0 Å². The Morgan fingerprint density at radius 1 is 1.60 bits per heavy atom. The van der Waals surface area contributed by atoms with E-state index in [1.54, 1.807) is 6.07 Å². The van der Waals surface area contributed by atoms with Crippen LogP contribution in [0.15, 0.2) is 18.2 Å². The van der Waals surface area contributed by atoms with E-state index in [-0.39, 0.29) is 11.2 Å².